The zero-order valence-corrected chi connectivity index (χ0v) is 15.2. The molecule has 0 aliphatic rings. The highest BCUT2D eigenvalue weighted by Crippen LogP contribution is 2.29. The van der Waals surface area contributed by atoms with Crippen molar-refractivity contribution in [2.75, 3.05) is 17.4 Å². The third kappa shape index (κ3) is 4.88. The number of aromatic amines is 1. The molecule has 2 N–H and O–H groups in total. The monoisotopic (exact) mass is 408 g/mol. The van der Waals surface area contributed by atoms with Crippen molar-refractivity contribution in [3.05, 3.63) is 45.1 Å². The number of alkyl halides is 4. The van der Waals surface area contributed by atoms with E-state index in [2.05, 4.69) is 15.0 Å². The van der Waals surface area contributed by atoms with Gasteiger partial charge in [0.05, 0.1) is 0 Å². The van der Waals surface area contributed by atoms with E-state index in [9.17, 15) is 22.8 Å². The van der Waals surface area contributed by atoms with Crippen LogP contribution in [-0.4, -0.2) is 28.5 Å². The maximum absolute atomic E-state index is 12.4. The Labute approximate surface area is 156 Å². The Morgan fingerprint density at radius 2 is 1.93 bits per heavy atom. The zero-order chi connectivity index (χ0) is 20.4. The topological polar surface area (TPSA) is 88.6 Å². The van der Waals surface area contributed by atoms with Gasteiger partial charge in [-0.15, -0.1) is 13.2 Å². The van der Waals surface area contributed by atoms with Gasteiger partial charge in [0, 0.05) is 20.2 Å². The van der Waals surface area contributed by atoms with Crippen LogP contribution in [0.3, 0.4) is 0 Å². The lowest BCUT2D eigenvalue weighted by atomic mass is 10.3. The second kappa shape index (κ2) is 7.82. The first-order valence-electron chi connectivity index (χ1n) is 7.51. The van der Waals surface area contributed by atoms with Gasteiger partial charge in [0.2, 0.25) is 0 Å². The number of H-pyrrole nitrogens is 1. The number of benzene rings is 1. The van der Waals surface area contributed by atoms with E-state index in [1.807, 2.05) is 0 Å². The largest absolute Gasteiger partial charge is 0.573 e. The van der Waals surface area contributed by atoms with E-state index in [-0.39, 0.29) is 17.3 Å². The number of hydrogen-bond donors (Lipinski definition) is 2. The van der Waals surface area contributed by atoms with Crippen LogP contribution < -0.4 is 31.2 Å². The molecular formula is C15H16ClF3N4O4. The number of anilines is 2. The third-order valence-corrected chi connectivity index (χ3v) is 3.50. The summed E-state index contributed by atoms with van der Waals surface area (Å²) < 4.78 is 42.1. The summed E-state index contributed by atoms with van der Waals surface area (Å²) in [4.78, 5) is 31.7. The molecule has 0 saturated carbocycles. The highest BCUT2D eigenvalue weighted by Gasteiger charge is 2.31. The molecule has 2 rings (SSSR count). The quantitative estimate of drug-likeness (QED) is 0.433. The maximum atomic E-state index is 12.4. The van der Waals surface area contributed by atoms with Gasteiger partial charge in [-0.2, -0.15) is 5.06 Å². The fourth-order valence-corrected chi connectivity index (χ4v) is 2.37. The SMILES string of the molecule is CNc1c(N(Oc2cccc(OC(F)(F)F)c2)C(C)Cl)c(=O)[nH]c(=O)n1C. The van der Waals surface area contributed by atoms with Crippen molar-refractivity contribution < 1.29 is 22.7 Å². The zero-order valence-electron chi connectivity index (χ0n) is 14.4. The van der Waals surface area contributed by atoms with Crippen molar-refractivity contribution >= 4 is 23.1 Å². The van der Waals surface area contributed by atoms with E-state index >= 15 is 0 Å². The molecule has 1 aromatic carbocycles. The minimum Gasteiger partial charge on any atom is -0.406 e. The summed E-state index contributed by atoms with van der Waals surface area (Å²) in [6, 6.07) is 4.70. The third-order valence-electron chi connectivity index (χ3n) is 3.32. The second-order valence-electron chi connectivity index (χ2n) is 5.28. The van der Waals surface area contributed by atoms with Gasteiger partial charge in [-0.25, -0.2) is 4.79 Å². The van der Waals surface area contributed by atoms with Crippen LogP contribution in [0.1, 0.15) is 6.92 Å². The number of halogens is 4. The molecule has 0 aliphatic carbocycles. The Hall–Kier alpha value is -2.82. The Morgan fingerprint density at radius 3 is 2.48 bits per heavy atom. The number of nitrogens with one attached hydrogen (secondary N) is 2. The molecular weight excluding hydrogens is 393 g/mol. The van der Waals surface area contributed by atoms with Crippen LogP contribution >= 0.6 is 11.6 Å². The summed E-state index contributed by atoms with van der Waals surface area (Å²) in [6.45, 7) is 1.47. The van der Waals surface area contributed by atoms with Crippen molar-refractivity contribution in [3.63, 3.8) is 0 Å². The number of nitrogens with zero attached hydrogens (tertiary/aromatic N) is 2. The predicted molar refractivity (Wildman–Crippen MR) is 93.4 cm³/mol. The normalized spacial score (nSPS) is 12.4. The second-order valence-corrected chi connectivity index (χ2v) is 5.91. The lowest BCUT2D eigenvalue weighted by Gasteiger charge is -2.28. The van der Waals surface area contributed by atoms with Gasteiger partial charge in [-0.3, -0.25) is 14.3 Å². The molecule has 0 saturated heterocycles. The Bertz CT molecular complexity index is 926. The number of hydroxylamine groups is 1. The molecule has 0 aliphatic heterocycles. The molecule has 1 unspecified atom stereocenters. The van der Waals surface area contributed by atoms with E-state index < -0.39 is 28.9 Å². The summed E-state index contributed by atoms with van der Waals surface area (Å²) in [5, 5.41) is 3.66. The Balaban J connectivity index is 2.47. The lowest BCUT2D eigenvalue weighted by Crippen LogP contribution is -2.41. The molecule has 0 spiro atoms. The first-order valence-corrected chi connectivity index (χ1v) is 7.95. The average Bonchev–Trinajstić information content (AvgIpc) is 2.54. The smallest absolute Gasteiger partial charge is 0.406 e. The number of aromatic nitrogens is 2. The lowest BCUT2D eigenvalue weighted by molar-refractivity contribution is -0.274. The van der Waals surface area contributed by atoms with E-state index in [4.69, 9.17) is 16.4 Å². The summed E-state index contributed by atoms with van der Waals surface area (Å²) in [5.41, 5.74) is -2.53. The fourth-order valence-electron chi connectivity index (χ4n) is 2.24. The van der Waals surface area contributed by atoms with E-state index in [1.165, 1.54) is 33.2 Å². The fraction of sp³-hybridized carbons (Fsp3) is 0.333. The molecule has 12 heteroatoms. The van der Waals surface area contributed by atoms with E-state index in [0.717, 1.165) is 21.8 Å². The highest BCUT2D eigenvalue weighted by atomic mass is 35.5. The minimum atomic E-state index is -4.87. The molecule has 0 fully saturated rings. The maximum Gasteiger partial charge on any atom is 0.573 e. The molecule has 148 valence electrons. The summed E-state index contributed by atoms with van der Waals surface area (Å²) >= 11 is 6.09. The van der Waals surface area contributed by atoms with Crippen LogP contribution in [0.4, 0.5) is 24.7 Å². The van der Waals surface area contributed by atoms with E-state index in [1.54, 1.807) is 0 Å². The van der Waals surface area contributed by atoms with Crippen molar-refractivity contribution in [3.8, 4) is 11.5 Å². The number of hydrogen-bond acceptors (Lipinski definition) is 6. The van der Waals surface area contributed by atoms with Gasteiger partial charge in [0.25, 0.3) is 5.56 Å². The van der Waals surface area contributed by atoms with Crippen molar-refractivity contribution in [1.29, 1.82) is 0 Å². The Kier molecular flexibility index (Phi) is 5.94. The molecule has 1 atom stereocenters. The van der Waals surface area contributed by atoms with Gasteiger partial charge < -0.3 is 14.9 Å². The average molecular weight is 409 g/mol. The van der Waals surface area contributed by atoms with Gasteiger partial charge in [-0.05, 0) is 19.1 Å². The number of ether oxygens (including phenoxy) is 1. The molecule has 0 amide bonds. The van der Waals surface area contributed by atoms with Crippen molar-refractivity contribution in [2.24, 2.45) is 7.05 Å². The molecule has 0 bridgehead atoms. The van der Waals surface area contributed by atoms with Crippen molar-refractivity contribution in [2.45, 2.75) is 18.8 Å². The molecule has 1 heterocycles. The molecule has 0 radical (unpaired) electrons. The molecule has 8 nitrogen and oxygen atoms in total. The van der Waals surface area contributed by atoms with Gasteiger partial charge >= 0.3 is 12.1 Å². The van der Waals surface area contributed by atoms with Crippen LogP contribution in [0.15, 0.2) is 33.9 Å². The molecule has 2 aromatic rings. The minimum absolute atomic E-state index is 0.0699. The van der Waals surface area contributed by atoms with Gasteiger partial charge in [0.15, 0.2) is 11.4 Å². The molecule has 27 heavy (non-hydrogen) atoms. The summed E-state index contributed by atoms with van der Waals surface area (Å²) in [7, 11) is 2.88. The predicted octanol–water partition coefficient (Wildman–Crippen LogP) is 2.40. The number of rotatable bonds is 6. The van der Waals surface area contributed by atoms with Crippen LogP contribution in [0.5, 0.6) is 11.5 Å². The van der Waals surface area contributed by atoms with Crippen LogP contribution in [-0.2, 0) is 7.05 Å². The Morgan fingerprint density at radius 1 is 1.30 bits per heavy atom. The van der Waals surface area contributed by atoms with Crippen LogP contribution in [0.2, 0.25) is 0 Å². The molecule has 1 aromatic heterocycles. The standard InChI is InChI=1S/C15H16ClF3N4O4/c1-8(16)23(11-12(20-2)22(3)14(25)21-13(11)24)27-10-6-4-5-9(7-10)26-15(17,18)19/h4-8,20H,1-3H3,(H,21,24,25). The van der Waals surface area contributed by atoms with E-state index in [0.29, 0.717) is 0 Å². The first-order chi connectivity index (χ1) is 12.5. The highest BCUT2D eigenvalue weighted by molar-refractivity contribution is 6.21. The summed E-state index contributed by atoms with van der Waals surface area (Å²) in [5.74, 6) is -0.483. The van der Waals surface area contributed by atoms with Crippen LogP contribution in [0.25, 0.3) is 0 Å². The van der Waals surface area contributed by atoms with Crippen LogP contribution in [0, 0.1) is 0 Å². The van der Waals surface area contributed by atoms with Crippen molar-refractivity contribution in [1.82, 2.24) is 9.55 Å². The van der Waals surface area contributed by atoms with Gasteiger partial charge in [0.1, 0.15) is 17.1 Å². The first kappa shape index (κ1) is 20.5. The van der Waals surface area contributed by atoms with Gasteiger partial charge in [-0.1, -0.05) is 17.7 Å². The summed E-state index contributed by atoms with van der Waals surface area (Å²) in [6.07, 6.45) is -4.87.